The van der Waals surface area contributed by atoms with Gasteiger partial charge in [-0.15, -0.1) is 5.10 Å². The SMILES string of the molecule is Cc1ccc(S(=O)(=O)N2CCN(C(=O)c3nc(Cl)n(C)n3)CC2)cc1. The summed E-state index contributed by atoms with van der Waals surface area (Å²) < 4.78 is 28.0. The summed E-state index contributed by atoms with van der Waals surface area (Å²) in [7, 11) is -1.96. The van der Waals surface area contributed by atoms with E-state index in [1.54, 1.807) is 31.3 Å². The Kier molecular flexibility index (Phi) is 4.81. The summed E-state index contributed by atoms with van der Waals surface area (Å²) >= 11 is 5.81. The molecular formula is C15H18ClN5O3S. The normalized spacial score (nSPS) is 16.2. The number of halogens is 1. The number of amides is 1. The lowest BCUT2D eigenvalue weighted by Crippen LogP contribution is -2.50. The summed E-state index contributed by atoms with van der Waals surface area (Å²) in [6.07, 6.45) is 0. The van der Waals surface area contributed by atoms with E-state index in [2.05, 4.69) is 10.1 Å². The van der Waals surface area contributed by atoms with Gasteiger partial charge in [0.2, 0.25) is 21.1 Å². The number of piperazine rings is 1. The van der Waals surface area contributed by atoms with E-state index in [1.165, 1.54) is 13.9 Å². The second-order valence-electron chi connectivity index (χ2n) is 5.84. The monoisotopic (exact) mass is 383 g/mol. The smallest absolute Gasteiger partial charge is 0.293 e. The van der Waals surface area contributed by atoms with Crippen molar-refractivity contribution in [1.82, 2.24) is 24.0 Å². The zero-order chi connectivity index (χ0) is 18.2. The summed E-state index contributed by atoms with van der Waals surface area (Å²) in [5.74, 6) is -0.336. The van der Waals surface area contributed by atoms with Gasteiger partial charge in [0, 0.05) is 33.2 Å². The van der Waals surface area contributed by atoms with Gasteiger partial charge in [0.15, 0.2) is 0 Å². The van der Waals surface area contributed by atoms with E-state index >= 15 is 0 Å². The molecule has 1 amide bonds. The van der Waals surface area contributed by atoms with Gasteiger partial charge >= 0.3 is 0 Å². The van der Waals surface area contributed by atoms with Crippen molar-refractivity contribution in [1.29, 1.82) is 0 Å². The zero-order valence-corrected chi connectivity index (χ0v) is 15.5. The first-order valence-corrected chi connectivity index (χ1v) is 9.53. The highest BCUT2D eigenvalue weighted by Crippen LogP contribution is 2.19. The average molecular weight is 384 g/mol. The Hall–Kier alpha value is -1.97. The van der Waals surface area contributed by atoms with Gasteiger partial charge in [-0.05, 0) is 30.7 Å². The first-order chi connectivity index (χ1) is 11.8. The molecular weight excluding hydrogens is 366 g/mol. The number of nitrogens with zero attached hydrogens (tertiary/aromatic N) is 5. The second kappa shape index (κ2) is 6.74. The van der Waals surface area contributed by atoms with Crippen LogP contribution >= 0.6 is 11.6 Å². The highest BCUT2D eigenvalue weighted by Gasteiger charge is 2.31. The van der Waals surface area contributed by atoms with E-state index < -0.39 is 10.0 Å². The number of carbonyl (C=O) groups is 1. The van der Waals surface area contributed by atoms with Crippen LogP contribution in [0.3, 0.4) is 0 Å². The summed E-state index contributed by atoms with van der Waals surface area (Å²) in [5, 5.41) is 4.09. The van der Waals surface area contributed by atoms with E-state index in [0.717, 1.165) is 5.56 Å². The topological polar surface area (TPSA) is 88.4 Å². The molecule has 2 aromatic rings. The largest absolute Gasteiger partial charge is 0.333 e. The average Bonchev–Trinajstić information content (AvgIpc) is 2.94. The summed E-state index contributed by atoms with van der Waals surface area (Å²) in [4.78, 5) is 18.1. The standard InChI is InChI=1S/C15H18ClN5O3S/c1-11-3-5-12(6-4-11)25(23,24)21-9-7-20(8-10-21)14(22)13-17-15(16)19(2)18-13/h3-6H,7-10H2,1-2H3. The molecule has 2 heterocycles. The van der Waals surface area contributed by atoms with Gasteiger partial charge in [-0.25, -0.2) is 13.1 Å². The lowest BCUT2D eigenvalue weighted by molar-refractivity contribution is 0.0685. The number of rotatable bonds is 3. The molecule has 134 valence electrons. The third-order valence-electron chi connectivity index (χ3n) is 4.09. The molecule has 0 atom stereocenters. The number of hydrogen-bond donors (Lipinski definition) is 0. The Morgan fingerprint density at radius 1 is 1.12 bits per heavy atom. The van der Waals surface area contributed by atoms with Gasteiger partial charge in [-0.3, -0.25) is 4.79 Å². The highest BCUT2D eigenvalue weighted by atomic mass is 35.5. The highest BCUT2D eigenvalue weighted by molar-refractivity contribution is 7.89. The van der Waals surface area contributed by atoms with Crippen LogP contribution in [-0.2, 0) is 17.1 Å². The van der Waals surface area contributed by atoms with Crippen molar-refractivity contribution in [3.8, 4) is 0 Å². The van der Waals surface area contributed by atoms with E-state index in [0.29, 0.717) is 0 Å². The predicted molar refractivity (Wildman–Crippen MR) is 91.9 cm³/mol. The maximum absolute atomic E-state index is 12.7. The van der Waals surface area contributed by atoms with Gasteiger partial charge in [-0.1, -0.05) is 17.7 Å². The maximum atomic E-state index is 12.7. The van der Waals surface area contributed by atoms with Gasteiger partial charge < -0.3 is 4.90 Å². The van der Waals surface area contributed by atoms with E-state index in [9.17, 15) is 13.2 Å². The van der Waals surface area contributed by atoms with Crippen molar-refractivity contribution in [2.24, 2.45) is 7.05 Å². The predicted octanol–water partition coefficient (Wildman–Crippen LogP) is 0.924. The van der Waals surface area contributed by atoms with Crippen molar-refractivity contribution >= 4 is 27.5 Å². The molecule has 0 N–H and O–H groups in total. The van der Waals surface area contributed by atoms with Crippen LogP contribution in [0.25, 0.3) is 0 Å². The first kappa shape index (κ1) is 17.8. The van der Waals surface area contributed by atoms with Crippen LogP contribution < -0.4 is 0 Å². The molecule has 1 aromatic carbocycles. The Morgan fingerprint density at radius 2 is 1.72 bits per heavy atom. The van der Waals surface area contributed by atoms with Crippen LogP contribution in [0.4, 0.5) is 0 Å². The summed E-state index contributed by atoms with van der Waals surface area (Å²) in [6.45, 7) is 2.91. The quantitative estimate of drug-likeness (QED) is 0.786. The van der Waals surface area contributed by atoms with Crippen molar-refractivity contribution in [2.75, 3.05) is 26.2 Å². The molecule has 0 radical (unpaired) electrons. The molecule has 0 aliphatic carbocycles. The van der Waals surface area contributed by atoms with Crippen LogP contribution in [0.15, 0.2) is 29.2 Å². The van der Waals surface area contributed by atoms with Crippen molar-refractivity contribution < 1.29 is 13.2 Å². The van der Waals surface area contributed by atoms with Crippen LogP contribution in [0.5, 0.6) is 0 Å². The Labute approximate surface area is 151 Å². The number of carbonyl (C=O) groups excluding carboxylic acids is 1. The molecule has 1 aliphatic heterocycles. The molecule has 1 saturated heterocycles. The third-order valence-corrected chi connectivity index (χ3v) is 6.33. The Balaban J connectivity index is 1.69. The van der Waals surface area contributed by atoms with Gasteiger partial charge in [0.1, 0.15) is 0 Å². The molecule has 1 fully saturated rings. The van der Waals surface area contributed by atoms with Crippen LogP contribution in [0, 0.1) is 6.92 Å². The maximum Gasteiger partial charge on any atom is 0.293 e. The van der Waals surface area contributed by atoms with Crippen LogP contribution in [-0.4, -0.2) is 64.5 Å². The Morgan fingerprint density at radius 3 is 2.24 bits per heavy atom. The molecule has 8 nitrogen and oxygen atoms in total. The third kappa shape index (κ3) is 3.53. The minimum atomic E-state index is -3.56. The zero-order valence-electron chi connectivity index (χ0n) is 13.9. The van der Waals surface area contributed by atoms with Gasteiger partial charge in [0.05, 0.1) is 4.90 Å². The molecule has 0 unspecified atom stereocenters. The summed E-state index contributed by atoms with van der Waals surface area (Å²) in [6, 6.07) is 6.73. The minimum absolute atomic E-state index is 0.0161. The molecule has 0 saturated carbocycles. The van der Waals surface area contributed by atoms with E-state index in [4.69, 9.17) is 11.6 Å². The molecule has 1 aromatic heterocycles. The number of hydrogen-bond acceptors (Lipinski definition) is 5. The molecule has 0 bridgehead atoms. The van der Waals surface area contributed by atoms with Crippen LogP contribution in [0.1, 0.15) is 16.2 Å². The van der Waals surface area contributed by atoms with Crippen molar-refractivity contribution in [3.05, 3.63) is 40.9 Å². The summed E-state index contributed by atoms with van der Waals surface area (Å²) in [5.41, 5.74) is 0.996. The minimum Gasteiger partial charge on any atom is -0.333 e. The molecule has 10 heteroatoms. The molecule has 3 rings (SSSR count). The van der Waals surface area contributed by atoms with Gasteiger partial charge in [0.25, 0.3) is 5.91 Å². The fraction of sp³-hybridized carbons (Fsp3) is 0.400. The molecule has 1 aliphatic rings. The number of aromatic nitrogens is 3. The van der Waals surface area contributed by atoms with Crippen molar-refractivity contribution in [3.63, 3.8) is 0 Å². The fourth-order valence-corrected chi connectivity index (χ4v) is 4.13. The van der Waals surface area contributed by atoms with Gasteiger partial charge in [-0.2, -0.15) is 9.29 Å². The van der Waals surface area contributed by atoms with Crippen LogP contribution in [0.2, 0.25) is 5.28 Å². The lowest BCUT2D eigenvalue weighted by Gasteiger charge is -2.33. The first-order valence-electron chi connectivity index (χ1n) is 7.71. The number of benzene rings is 1. The van der Waals surface area contributed by atoms with Crippen molar-refractivity contribution in [2.45, 2.75) is 11.8 Å². The number of sulfonamides is 1. The number of aryl methyl sites for hydroxylation is 2. The molecule has 25 heavy (non-hydrogen) atoms. The van der Waals surface area contributed by atoms with E-state index in [1.807, 2.05) is 6.92 Å². The Bertz CT molecular complexity index is 867. The lowest BCUT2D eigenvalue weighted by atomic mass is 10.2. The van der Waals surface area contributed by atoms with E-state index in [-0.39, 0.29) is 48.1 Å². The second-order valence-corrected chi connectivity index (χ2v) is 8.11. The molecule has 0 spiro atoms. The fourth-order valence-electron chi connectivity index (χ4n) is 2.59.